The highest BCUT2D eigenvalue weighted by atomic mass is 35.5. The van der Waals surface area contributed by atoms with E-state index in [-0.39, 0.29) is 0 Å². The molecule has 0 aliphatic carbocycles. The Morgan fingerprint density at radius 3 is 2.75 bits per heavy atom. The Balaban J connectivity index is 2.72. The van der Waals surface area contributed by atoms with Crippen LogP contribution in [0.15, 0.2) is 6.07 Å². The minimum atomic E-state index is 0.479. The fourth-order valence-electron chi connectivity index (χ4n) is 1.07. The normalized spacial score (nSPS) is 10.2. The van der Waals surface area contributed by atoms with Gasteiger partial charge in [0.25, 0.3) is 0 Å². The predicted octanol–water partition coefficient (Wildman–Crippen LogP) is 2.78. The van der Waals surface area contributed by atoms with Gasteiger partial charge in [-0.15, -0.1) is 5.10 Å². The molecular formula is C9H13ClN2. The van der Waals surface area contributed by atoms with Gasteiger partial charge in [-0.05, 0) is 31.4 Å². The van der Waals surface area contributed by atoms with Gasteiger partial charge in [0, 0.05) is 0 Å². The van der Waals surface area contributed by atoms with E-state index in [0.29, 0.717) is 5.15 Å². The molecule has 0 saturated carbocycles. The molecule has 0 atom stereocenters. The molecule has 0 bridgehead atoms. The number of hydrogen-bond donors (Lipinski definition) is 0. The van der Waals surface area contributed by atoms with Gasteiger partial charge in [0.2, 0.25) is 0 Å². The number of hydrogen-bond acceptors (Lipinski definition) is 2. The third-order valence-corrected chi connectivity index (χ3v) is 2.01. The minimum absolute atomic E-state index is 0.479. The second-order valence-corrected chi connectivity index (χ2v) is 3.29. The highest BCUT2D eigenvalue weighted by Gasteiger charge is 2.00. The van der Waals surface area contributed by atoms with E-state index in [1.165, 1.54) is 6.42 Å². The maximum absolute atomic E-state index is 5.68. The molecule has 12 heavy (non-hydrogen) atoms. The summed E-state index contributed by atoms with van der Waals surface area (Å²) in [6.07, 6.45) is 3.35. The highest BCUT2D eigenvalue weighted by Crippen LogP contribution is 2.11. The Hall–Kier alpha value is -0.630. The topological polar surface area (TPSA) is 25.8 Å². The fourth-order valence-corrected chi connectivity index (χ4v) is 1.27. The Morgan fingerprint density at radius 2 is 2.17 bits per heavy atom. The number of unbranched alkanes of at least 4 members (excludes halogenated alkanes) is 1. The van der Waals surface area contributed by atoms with Crippen molar-refractivity contribution in [2.45, 2.75) is 33.1 Å². The monoisotopic (exact) mass is 184 g/mol. The average Bonchev–Trinajstić information content (AvgIpc) is 2.03. The smallest absolute Gasteiger partial charge is 0.151 e. The first kappa shape index (κ1) is 9.46. The molecular weight excluding hydrogens is 172 g/mol. The lowest BCUT2D eigenvalue weighted by molar-refractivity contribution is 0.753. The molecule has 1 aromatic rings. The van der Waals surface area contributed by atoms with Crippen molar-refractivity contribution < 1.29 is 0 Å². The summed E-state index contributed by atoms with van der Waals surface area (Å²) in [6.45, 7) is 4.18. The SMILES string of the molecule is CCCCc1nnc(Cl)cc1C. The predicted molar refractivity (Wildman–Crippen MR) is 50.4 cm³/mol. The summed E-state index contributed by atoms with van der Waals surface area (Å²) < 4.78 is 0. The molecule has 1 rings (SSSR count). The average molecular weight is 185 g/mol. The van der Waals surface area contributed by atoms with Crippen LogP contribution in [0.3, 0.4) is 0 Å². The van der Waals surface area contributed by atoms with E-state index in [0.717, 1.165) is 24.1 Å². The van der Waals surface area contributed by atoms with E-state index < -0.39 is 0 Å². The molecule has 0 N–H and O–H groups in total. The van der Waals surface area contributed by atoms with E-state index in [4.69, 9.17) is 11.6 Å². The lowest BCUT2D eigenvalue weighted by Gasteiger charge is -2.01. The molecule has 0 aliphatic heterocycles. The number of rotatable bonds is 3. The molecule has 0 spiro atoms. The molecule has 3 heteroatoms. The van der Waals surface area contributed by atoms with E-state index >= 15 is 0 Å². The largest absolute Gasteiger partial charge is 0.154 e. The van der Waals surface area contributed by atoms with Crippen molar-refractivity contribution in [3.8, 4) is 0 Å². The van der Waals surface area contributed by atoms with Gasteiger partial charge in [0.05, 0.1) is 5.69 Å². The highest BCUT2D eigenvalue weighted by molar-refractivity contribution is 6.29. The van der Waals surface area contributed by atoms with Crippen LogP contribution in [0.5, 0.6) is 0 Å². The Bertz CT molecular complexity index is 261. The first-order chi connectivity index (χ1) is 5.74. The Kier molecular flexibility index (Phi) is 3.48. The molecule has 0 fully saturated rings. The van der Waals surface area contributed by atoms with Crippen LogP contribution >= 0.6 is 11.6 Å². The van der Waals surface area contributed by atoms with E-state index in [9.17, 15) is 0 Å². The fraction of sp³-hybridized carbons (Fsp3) is 0.556. The summed E-state index contributed by atoms with van der Waals surface area (Å²) in [7, 11) is 0. The first-order valence-corrected chi connectivity index (χ1v) is 4.60. The van der Waals surface area contributed by atoms with Gasteiger partial charge in [-0.1, -0.05) is 24.9 Å². The zero-order valence-electron chi connectivity index (χ0n) is 7.47. The first-order valence-electron chi connectivity index (χ1n) is 4.22. The van der Waals surface area contributed by atoms with Gasteiger partial charge in [-0.2, -0.15) is 5.10 Å². The van der Waals surface area contributed by atoms with Gasteiger partial charge >= 0.3 is 0 Å². The van der Waals surface area contributed by atoms with Crippen LogP contribution in [-0.2, 0) is 6.42 Å². The van der Waals surface area contributed by atoms with E-state index in [2.05, 4.69) is 17.1 Å². The lowest BCUT2D eigenvalue weighted by Crippen LogP contribution is -1.96. The van der Waals surface area contributed by atoms with Crippen LogP contribution in [0, 0.1) is 6.92 Å². The molecule has 0 aromatic carbocycles. The van der Waals surface area contributed by atoms with Crippen molar-refractivity contribution in [2.75, 3.05) is 0 Å². The van der Waals surface area contributed by atoms with Crippen LogP contribution in [-0.4, -0.2) is 10.2 Å². The van der Waals surface area contributed by atoms with Gasteiger partial charge in [0.15, 0.2) is 5.15 Å². The molecule has 2 nitrogen and oxygen atoms in total. The second kappa shape index (κ2) is 4.41. The van der Waals surface area contributed by atoms with Crippen molar-refractivity contribution >= 4 is 11.6 Å². The van der Waals surface area contributed by atoms with Crippen LogP contribution < -0.4 is 0 Å². The molecule has 0 saturated heterocycles. The number of aryl methyl sites for hydroxylation is 2. The minimum Gasteiger partial charge on any atom is -0.154 e. The lowest BCUT2D eigenvalue weighted by atomic mass is 10.1. The number of nitrogens with zero attached hydrogens (tertiary/aromatic N) is 2. The molecule has 0 unspecified atom stereocenters. The number of halogens is 1. The number of aromatic nitrogens is 2. The van der Waals surface area contributed by atoms with E-state index in [1.54, 1.807) is 0 Å². The standard InChI is InChI=1S/C9H13ClN2/c1-3-4-5-8-7(2)6-9(10)12-11-8/h6H,3-5H2,1-2H3. The summed E-state index contributed by atoms with van der Waals surface area (Å²) in [5.41, 5.74) is 2.21. The van der Waals surface area contributed by atoms with Crippen molar-refractivity contribution in [3.05, 3.63) is 22.5 Å². The zero-order chi connectivity index (χ0) is 8.97. The third kappa shape index (κ3) is 2.45. The quantitative estimate of drug-likeness (QED) is 0.722. The Morgan fingerprint density at radius 1 is 1.42 bits per heavy atom. The molecule has 1 aromatic heterocycles. The van der Waals surface area contributed by atoms with Crippen molar-refractivity contribution in [1.29, 1.82) is 0 Å². The van der Waals surface area contributed by atoms with Crippen LogP contribution in [0.1, 0.15) is 31.0 Å². The van der Waals surface area contributed by atoms with Crippen LogP contribution in [0.25, 0.3) is 0 Å². The molecule has 66 valence electrons. The maximum Gasteiger partial charge on any atom is 0.151 e. The maximum atomic E-state index is 5.68. The van der Waals surface area contributed by atoms with Crippen LogP contribution in [0.4, 0.5) is 0 Å². The summed E-state index contributed by atoms with van der Waals surface area (Å²) in [6, 6.07) is 1.86. The van der Waals surface area contributed by atoms with Gasteiger partial charge in [-0.25, -0.2) is 0 Å². The molecule has 1 heterocycles. The van der Waals surface area contributed by atoms with Gasteiger partial charge in [-0.3, -0.25) is 0 Å². The van der Waals surface area contributed by atoms with Crippen molar-refractivity contribution in [3.63, 3.8) is 0 Å². The van der Waals surface area contributed by atoms with Crippen LogP contribution in [0.2, 0.25) is 5.15 Å². The summed E-state index contributed by atoms with van der Waals surface area (Å²) in [5.74, 6) is 0. The molecule has 0 radical (unpaired) electrons. The molecule has 0 aliphatic rings. The second-order valence-electron chi connectivity index (χ2n) is 2.90. The summed E-state index contributed by atoms with van der Waals surface area (Å²) >= 11 is 5.68. The van der Waals surface area contributed by atoms with Gasteiger partial charge < -0.3 is 0 Å². The van der Waals surface area contributed by atoms with Gasteiger partial charge in [0.1, 0.15) is 0 Å². The van der Waals surface area contributed by atoms with Crippen molar-refractivity contribution in [2.24, 2.45) is 0 Å². The molecule has 0 amide bonds. The summed E-state index contributed by atoms with van der Waals surface area (Å²) in [5, 5.41) is 8.32. The third-order valence-electron chi connectivity index (χ3n) is 1.82. The van der Waals surface area contributed by atoms with E-state index in [1.807, 2.05) is 13.0 Å². The van der Waals surface area contributed by atoms with Crippen molar-refractivity contribution in [1.82, 2.24) is 10.2 Å². The Labute approximate surface area is 78.0 Å². The zero-order valence-corrected chi connectivity index (χ0v) is 8.23. The summed E-state index contributed by atoms with van der Waals surface area (Å²) in [4.78, 5) is 0.